The smallest absolute Gasteiger partial charge is 0.255 e. The SMILES string of the molecule is CCN(CC)c1ccc(CNC(=O)c2cnn(C)c2C)cn1. The first-order valence-electron chi connectivity index (χ1n) is 7.53. The zero-order valence-electron chi connectivity index (χ0n) is 13.6. The molecular weight excluding hydrogens is 278 g/mol. The van der Waals surface area contributed by atoms with Crippen LogP contribution >= 0.6 is 0 Å². The molecule has 0 radical (unpaired) electrons. The summed E-state index contributed by atoms with van der Waals surface area (Å²) in [7, 11) is 1.82. The van der Waals surface area contributed by atoms with E-state index in [4.69, 9.17) is 0 Å². The Morgan fingerprint density at radius 1 is 1.27 bits per heavy atom. The van der Waals surface area contributed by atoms with Gasteiger partial charge in [-0.25, -0.2) is 4.98 Å². The first-order valence-corrected chi connectivity index (χ1v) is 7.53. The predicted molar refractivity (Wildman–Crippen MR) is 86.9 cm³/mol. The highest BCUT2D eigenvalue weighted by molar-refractivity contribution is 5.94. The molecule has 0 spiro atoms. The minimum absolute atomic E-state index is 0.113. The van der Waals surface area contributed by atoms with Gasteiger partial charge in [-0.15, -0.1) is 0 Å². The molecule has 0 aromatic carbocycles. The standard InChI is InChI=1S/C16H23N5O/c1-5-21(6-2)15-8-7-13(9-17-15)10-18-16(22)14-11-19-20(4)12(14)3/h7-9,11H,5-6,10H2,1-4H3,(H,18,22). The number of anilines is 1. The molecular formula is C16H23N5O. The van der Waals surface area contributed by atoms with Crippen LogP contribution in [0.25, 0.3) is 0 Å². The van der Waals surface area contributed by atoms with Crippen LogP contribution in [0, 0.1) is 6.92 Å². The maximum atomic E-state index is 12.1. The molecule has 22 heavy (non-hydrogen) atoms. The number of carbonyl (C=O) groups excluding carboxylic acids is 1. The molecule has 0 atom stereocenters. The van der Waals surface area contributed by atoms with Crippen LogP contribution in [0.5, 0.6) is 0 Å². The topological polar surface area (TPSA) is 63.1 Å². The number of amides is 1. The van der Waals surface area contributed by atoms with Crippen LogP contribution in [0.3, 0.4) is 0 Å². The number of aromatic nitrogens is 3. The number of nitrogens with zero attached hydrogens (tertiary/aromatic N) is 4. The maximum Gasteiger partial charge on any atom is 0.255 e. The quantitative estimate of drug-likeness (QED) is 0.885. The maximum absolute atomic E-state index is 12.1. The van der Waals surface area contributed by atoms with E-state index in [0.29, 0.717) is 12.1 Å². The summed E-state index contributed by atoms with van der Waals surface area (Å²) < 4.78 is 1.69. The number of hydrogen-bond donors (Lipinski definition) is 1. The summed E-state index contributed by atoms with van der Waals surface area (Å²) in [6.07, 6.45) is 3.40. The van der Waals surface area contributed by atoms with Crippen molar-refractivity contribution in [3.63, 3.8) is 0 Å². The lowest BCUT2D eigenvalue weighted by Crippen LogP contribution is -2.24. The largest absolute Gasteiger partial charge is 0.357 e. The molecule has 2 aromatic rings. The fourth-order valence-corrected chi connectivity index (χ4v) is 2.26. The lowest BCUT2D eigenvalue weighted by Gasteiger charge is -2.19. The van der Waals surface area contributed by atoms with Crippen molar-refractivity contribution in [2.24, 2.45) is 7.05 Å². The summed E-state index contributed by atoms with van der Waals surface area (Å²) in [5.74, 6) is 0.849. The van der Waals surface area contributed by atoms with Crippen LogP contribution in [-0.4, -0.2) is 33.8 Å². The molecule has 0 aliphatic heterocycles. The molecule has 0 saturated carbocycles. The highest BCUT2D eigenvalue weighted by atomic mass is 16.1. The van der Waals surface area contributed by atoms with Gasteiger partial charge in [0.05, 0.1) is 11.8 Å². The average molecular weight is 301 g/mol. The van der Waals surface area contributed by atoms with E-state index in [1.54, 1.807) is 10.9 Å². The Morgan fingerprint density at radius 2 is 2.00 bits per heavy atom. The lowest BCUT2D eigenvalue weighted by molar-refractivity contribution is 0.0950. The van der Waals surface area contributed by atoms with E-state index >= 15 is 0 Å². The van der Waals surface area contributed by atoms with Crippen LogP contribution in [0.15, 0.2) is 24.5 Å². The first-order chi connectivity index (χ1) is 10.6. The van der Waals surface area contributed by atoms with E-state index in [-0.39, 0.29) is 5.91 Å². The third-order valence-corrected chi connectivity index (χ3v) is 3.83. The molecule has 1 amide bonds. The fraction of sp³-hybridized carbons (Fsp3) is 0.438. The molecule has 0 aliphatic carbocycles. The van der Waals surface area contributed by atoms with Crippen LogP contribution in [-0.2, 0) is 13.6 Å². The van der Waals surface area contributed by atoms with Crippen molar-refractivity contribution >= 4 is 11.7 Å². The number of rotatable bonds is 6. The summed E-state index contributed by atoms with van der Waals surface area (Å²) >= 11 is 0. The van der Waals surface area contributed by atoms with Crippen molar-refractivity contribution in [3.05, 3.63) is 41.3 Å². The molecule has 118 valence electrons. The van der Waals surface area contributed by atoms with Gasteiger partial charge in [0.15, 0.2) is 0 Å². The minimum atomic E-state index is -0.113. The molecule has 2 rings (SSSR count). The monoisotopic (exact) mass is 301 g/mol. The Morgan fingerprint density at radius 3 is 2.50 bits per heavy atom. The van der Waals surface area contributed by atoms with E-state index < -0.39 is 0 Å². The Hall–Kier alpha value is -2.37. The summed E-state index contributed by atoms with van der Waals surface area (Å²) in [4.78, 5) is 18.8. The Kier molecular flexibility index (Phi) is 5.14. The van der Waals surface area contributed by atoms with E-state index in [1.807, 2.05) is 32.3 Å². The number of aryl methyl sites for hydroxylation is 1. The van der Waals surface area contributed by atoms with Gasteiger partial charge in [-0.3, -0.25) is 9.48 Å². The Labute approximate surface area is 131 Å². The van der Waals surface area contributed by atoms with E-state index in [2.05, 4.69) is 34.1 Å². The zero-order chi connectivity index (χ0) is 16.1. The van der Waals surface area contributed by atoms with Gasteiger partial charge in [-0.05, 0) is 32.4 Å². The third kappa shape index (κ3) is 3.44. The lowest BCUT2D eigenvalue weighted by atomic mass is 10.2. The van der Waals surface area contributed by atoms with Crippen molar-refractivity contribution in [1.29, 1.82) is 0 Å². The molecule has 0 fully saturated rings. The molecule has 2 heterocycles. The van der Waals surface area contributed by atoms with Crippen LogP contribution in [0.2, 0.25) is 0 Å². The molecule has 0 unspecified atom stereocenters. The molecule has 0 bridgehead atoms. The Balaban J connectivity index is 1.97. The van der Waals surface area contributed by atoms with Crippen molar-refractivity contribution < 1.29 is 4.79 Å². The van der Waals surface area contributed by atoms with E-state index in [9.17, 15) is 4.79 Å². The molecule has 0 saturated heterocycles. The summed E-state index contributed by atoms with van der Waals surface area (Å²) in [5, 5.41) is 6.98. The van der Waals surface area contributed by atoms with Gasteiger partial charge >= 0.3 is 0 Å². The number of nitrogens with one attached hydrogen (secondary N) is 1. The second kappa shape index (κ2) is 7.06. The summed E-state index contributed by atoms with van der Waals surface area (Å²) in [6.45, 7) is 8.41. The van der Waals surface area contributed by atoms with E-state index in [0.717, 1.165) is 30.2 Å². The van der Waals surface area contributed by atoms with Crippen LogP contribution in [0.1, 0.15) is 35.5 Å². The van der Waals surface area contributed by atoms with Crippen molar-refractivity contribution in [1.82, 2.24) is 20.1 Å². The fourth-order valence-electron chi connectivity index (χ4n) is 2.26. The number of hydrogen-bond acceptors (Lipinski definition) is 4. The van der Waals surface area contributed by atoms with Crippen LogP contribution < -0.4 is 10.2 Å². The van der Waals surface area contributed by atoms with Crippen molar-refractivity contribution in [2.75, 3.05) is 18.0 Å². The third-order valence-electron chi connectivity index (χ3n) is 3.83. The van der Waals surface area contributed by atoms with Gasteiger partial charge in [0.25, 0.3) is 5.91 Å². The molecule has 2 aromatic heterocycles. The molecule has 6 heteroatoms. The molecule has 1 N–H and O–H groups in total. The van der Waals surface area contributed by atoms with Gasteiger partial charge in [-0.1, -0.05) is 6.07 Å². The first kappa shape index (κ1) is 16.0. The number of carbonyl (C=O) groups is 1. The van der Waals surface area contributed by atoms with Gasteiger partial charge < -0.3 is 10.2 Å². The van der Waals surface area contributed by atoms with Gasteiger partial charge in [0.1, 0.15) is 5.82 Å². The highest BCUT2D eigenvalue weighted by Crippen LogP contribution is 2.11. The van der Waals surface area contributed by atoms with Gasteiger partial charge in [-0.2, -0.15) is 5.10 Å². The van der Waals surface area contributed by atoms with Gasteiger partial charge in [0, 0.05) is 38.6 Å². The second-order valence-electron chi connectivity index (χ2n) is 5.15. The van der Waals surface area contributed by atoms with E-state index in [1.165, 1.54) is 0 Å². The summed E-state index contributed by atoms with van der Waals surface area (Å²) in [6, 6.07) is 3.99. The van der Waals surface area contributed by atoms with Crippen molar-refractivity contribution in [3.8, 4) is 0 Å². The highest BCUT2D eigenvalue weighted by Gasteiger charge is 2.12. The predicted octanol–water partition coefficient (Wildman–Crippen LogP) is 1.90. The normalized spacial score (nSPS) is 10.5. The molecule has 6 nitrogen and oxygen atoms in total. The van der Waals surface area contributed by atoms with Gasteiger partial charge in [0.2, 0.25) is 0 Å². The van der Waals surface area contributed by atoms with Crippen LogP contribution in [0.4, 0.5) is 5.82 Å². The average Bonchev–Trinajstić information content (AvgIpc) is 2.87. The Bertz CT molecular complexity index is 628. The second-order valence-corrected chi connectivity index (χ2v) is 5.15. The minimum Gasteiger partial charge on any atom is -0.357 e. The summed E-state index contributed by atoms with van der Waals surface area (Å²) in [5.41, 5.74) is 2.44. The van der Waals surface area contributed by atoms with Crippen molar-refractivity contribution in [2.45, 2.75) is 27.3 Å². The zero-order valence-corrected chi connectivity index (χ0v) is 13.6. The molecule has 0 aliphatic rings. The number of pyridine rings is 1.